The van der Waals surface area contributed by atoms with Gasteiger partial charge in [0.05, 0.1) is 0 Å². The first-order chi connectivity index (χ1) is 8.13. The highest BCUT2D eigenvalue weighted by atomic mass is 16.5. The van der Waals surface area contributed by atoms with E-state index in [0.717, 1.165) is 10.9 Å². The Kier molecular flexibility index (Phi) is 2.84. The van der Waals surface area contributed by atoms with Crippen molar-refractivity contribution in [3.05, 3.63) is 39.7 Å². The van der Waals surface area contributed by atoms with Crippen molar-refractivity contribution in [2.45, 2.75) is 13.8 Å². The summed E-state index contributed by atoms with van der Waals surface area (Å²) in [6, 6.07) is 7.09. The number of nitrogens with zero attached hydrogens (tertiary/aromatic N) is 1. The average Bonchev–Trinajstić information content (AvgIpc) is 2.33. The Morgan fingerprint density at radius 2 is 2.12 bits per heavy atom. The molecule has 0 atom stereocenters. The van der Waals surface area contributed by atoms with Gasteiger partial charge in [0.15, 0.2) is 6.61 Å². The van der Waals surface area contributed by atoms with Crippen molar-refractivity contribution in [3.8, 4) is 11.8 Å². The van der Waals surface area contributed by atoms with Crippen molar-refractivity contribution in [2.75, 3.05) is 6.61 Å². The monoisotopic (exact) mass is 229 g/mol. The van der Waals surface area contributed by atoms with Gasteiger partial charge < -0.3 is 9.15 Å². The van der Waals surface area contributed by atoms with Crippen LogP contribution in [0.2, 0.25) is 0 Å². The van der Waals surface area contributed by atoms with Crippen molar-refractivity contribution in [2.24, 2.45) is 0 Å². The molecule has 0 aliphatic heterocycles. The van der Waals surface area contributed by atoms with Gasteiger partial charge in [-0.1, -0.05) is 0 Å². The van der Waals surface area contributed by atoms with Crippen LogP contribution in [0.3, 0.4) is 0 Å². The van der Waals surface area contributed by atoms with Crippen molar-refractivity contribution in [1.29, 1.82) is 5.26 Å². The highest BCUT2D eigenvalue weighted by molar-refractivity contribution is 5.82. The molecule has 0 aliphatic carbocycles. The second kappa shape index (κ2) is 4.30. The van der Waals surface area contributed by atoms with E-state index in [2.05, 4.69) is 0 Å². The zero-order valence-corrected chi connectivity index (χ0v) is 9.61. The van der Waals surface area contributed by atoms with E-state index < -0.39 is 0 Å². The van der Waals surface area contributed by atoms with E-state index in [0.29, 0.717) is 16.9 Å². The molecule has 0 amide bonds. The molecule has 0 saturated heterocycles. The molecule has 4 nitrogen and oxygen atoms in total. The van der Waals surface area contributed by atoms with Crippen LogP contribution in [-0.4, -0.2) is 6.61 Å². The number of hydrogen-bond donors (Lipinski definition) is 0. The minimum Gasteiger partial charge on any atom is -0.479 e. The first-order valence-electron chi connectivity index (χ1n) is 5.17. The van der Waals surface area contributed by atoms with Crippen molar-refractivity contribution < 1.29 is 9.15 Å². The second-order valence-corrected chi connectivity index (χ2v) is 3.74. The molecule has 0 unspecified atom stereocenters. The van der Waals surface area contributed by atoms with Crippen LogP contribution in [0.15, 0.2) is 27.4 Å². The summed E-state index contributed by atoms with van der Waals surface area (Å²) >= 11 is 0. The van der Waals surface area contributed by atoms with Crippen molar-refractivity contribution >= 4 is 11.0 Å². The highest BCUT2D eigenvalue weighted by Gasteiger charge is 2.08. The standard InChI is InChI=1S/C13H11NO3/c1-8-9(2)13(15)17-12-7-10(16-6-5-14)3-4-11(8)12/h3-4,7H,6H2,1-2H3. The van der Waals surface area contributed by atoms with Crippen LogP contribution in [0.4, 0.5) is 0 Å². The fourth-order valence-corrected chi connectivity index (χ4v) is 1.63. The summed E-state index contributed by atoms with van der Waals surface area (Å²) in [7, 11) is 0. The van der Waals surface area contributed by atoms with E-state index in [-0.39, 0.29) is 12.2 Å². The number of aryl methyl sites for hydroxylation is 1. The topological polar surface area (TPSA) is 63.2 Å². The Labute approximate surface area is 98.0 Å². The van der Waals surface area contributed by atoms with E-state index in [1.165, 1.54) is 0 Å². The molecule has 2 aromatic rings. The van der Waals surface area contributed by atoms with Crippen LogP contribution in [0.1, 0.15) is 11.1 Å². The van der Waals surface area contributed by atoms with E-state index in [1.54, 1.807) is 19.1 Å². The maximum absolute atomic E-state index is 11.5. The lowest BCUT2D eigenvalue weighted by Crippen LogP contribution is -2.05. The fourth-order valence-electron chi connectivity index (χ4n) is 1.63. The maximum atomic E-state index is 11.5. The van der Waals surface area contributed by atoms with Gasteiger partial charge in [-0.25, -0.2) is 4.79 Å². The number of benzene rings is 1. The molecule has 0 bridgehead atoms. The average molecular weight is 229 g/mol. The second-order valence-electron chi connectivity index (χ2n) is 3.74. The van der Waals surface area contributed by atoms with Crippen LogP contribution in [-0.2, 0) is 0 Å². The quantitative estimate of drug-likeness (QED) is 0.741. The number of hydrogen-bond acceptors (Lipinski definition) is 4. The van der Waals surface area contributed by atoms with Gasteiger partial charge in [0.25, 0.3) is 0 Å². The molecule has 1 aromatic carbocycles. The highest BCUT2D eigenvalue weighted by Crippen LogP contribution is 2.23. The predicted octanol–water partition coefficient (Wildman–Crippen LogP) is 2.31. The molecule has 17 heavy (non-hydrogen) atoms. The summed E-state index contributed by atoms with van der Waals surface area (Å²) in [6.45, 7) is 3.59. The third-order valence-electron chi connectivity index (χ3n) is 2.73. The number of rotatable bonds is 2. The molecule has 4 heteroatoms. The Morgan fingerprint density at radius 3 is 2.82 bits per heavy atom. The van der Waals surface area contributed by atoms with Crippen molar-refractivity contribution in [1.82, 2.24) is 0 Å². The van der Waals surface area contributed by atoms with Crippen molar-refractivity contribution in [3.63, 3.8) is 0 Å². The molecule has 0 aliphatic rings. The first-order valence-corrected chi connectivity index (χ1v) is 5.17. The molecule has 0 spiro atoms. The van der Waals surface area contributed by atoms with Crippen LogP contribution >= 0.6 is 0 Å². The summed E-state index contributed by atoms with van der Waals surface area (Å²) in [5.74, 6) is 0.519. The van der Waals surface area contributed by atoms with Gasteiger partial charge in [-0.15, -0.1) is 0 Å². The zero-order valence-electron chi connectivity index (χ0n) is 9.61. The van der Waals surface area contributed by atoms with E-state index in [1.807, 2.05) is 19.1 Å². The number of nitriles is 1. The summed E-state index contributed by atoms with van der Waals surface area (Å²) in [5.41, 5.74) is 1.66. The fraction of sp³-hybridized carbons (Fsp3) is 0.231. The lowest BCUT2D eigenvalue weighted by molar-refractivity contribution is 0.368. The third-order valence-corrected chi connectivity index (χ3v) is 2.73. The molecule has 86 valence electrons. The number of fused-ring (bicyclic) bond motifs is 1. The smallest absolute Gasteiger partial charge is 0.339 e. The molecule has 0 saturated carbocycles. The molecule has 1 heterocycles. The minimum atomic E-state index is -0.340. The Balaban J connectivity index is 2.60. The summed E-state index contributed by atoms with van der Waals surface area (Å²) < 4.78 is 10.3. The largest absolute Gasteiger partial charge is 0.479 e. The molecule has 0 N–H and O–H groups in total. The lowest BCUT2D eigenvalue weighted by atomic mass is 10.1. The van der Waals surface area contributed by atoms with Gasteiger partial charge in [0.1, 0.15) is 17.4 Å². The summed E-state index contributed by atoms with van der Waals surface area (Å²) in [6.07, 6.45) is 0. The Bertz CT molecular complexity index is 665. The normalized spacial score (nSPS) is 10.2. The van der Waals surface area contributed by atoms with Crippen LogP contribution < -0.4 is 10.4 Å². The van der Waals surface area contributed by atoms with Gasteiger partial charge in [-0.05, 0) is 31.5 Å². The maximum Gasteiger partial charge on any atom is 0.339 e. The van der Waals surface area contributed by atoms with Gasteiger partial charge >= 0.3 is 5.63 Å². The SMILES string of the molecule is Cc1c(C)c2ccc(OCC#N)cc2oc1=O. The molecule has 1 aromatic heterocycles. The Morgan fingerprint density at radius 1 is 1.35 bits per heavy atom. The van der Waals surface area contributed by atoms with Gasteiger partial charge in [0.2, 0.25) is 0 Å². The number of ether oxygens (including phenoxy) is 1. The molecule has 2 rings (SSSR count). The van der Waals surface area contributed by atoms with E-state index in [9.17, 15) is 4.79 Å². The van der Waals surface area contributed by atoms with E-state index in [4.69, 9.17) is 14.4 Å². The first kappa shape index (κ1) is 11.2. The molecule has 0 radical (unpaired) electrons. The molecular formula is C13H11NO3. The lowest BCUT2D eigenvalue weighted by Gasteiger charge is -2.06. The van der Waals surface area contributed by atoms with Crippen LogP contribution in [0.25, 0.3) is 11.0 Å². The third kappa shape index (κ3) is 2.00. The summed E-state index contributed by atoms with van der Waals surface area (Å²) in [4.78, 5) is 11.5. The van der Waals surface area contributed by atoms with Crippen LogP contribution in [0, 0.1) is 25.2 Å². The van der Waals surface area contributed by atoms with E-state index >= 15 is 0 Å². The predicted molar refractivity (Wildman–Crippen MR) is 63.1 cm³/mol. The zero-order chi connectivity index (χ0) is 12.4. The molecular weight excluding hydrogens is 218 g/mol. The van der Waals surface area contributed by atoms with Gasteiger partial charge in [-0.3, -0.25) is 0 Å². The summed E-state index contributed by atoms with van der Waals surface area (Å²) in [5, 5.41) is 9.30. The minimum absolute atomic E-state index is 0.0272. The molecule has 0 fully saturated rings. The van der Waals surface area contributed by atoms with Crippen LogP contribution in [0.5, 0.6) is 5.75 Å². The van der Waals surface area contributed by atoms with Gasteiger partial charge in [-0.2, -0.15) is 5.26 Å². The van der Waals surface area contributed by atoms with Gasteiger partial charge in [0, 0.05) is 17.0 Å². The Hall–Kier alpha value is -2.28.